The summed E-state index contributed by atoms with van der Waals surface area (Å²) < 4.78 is 1.98. The fourth-order valence-electron chi connectivity index (χ4n) is 5.24. The minimum absolute atomic E-state index is 0.385. The first-order valence-corrected chi connectivity index (χ1v) is 17.0. The first-order valence-electron chi connectivity index (χ1n) is 17.0. The lowest BCUT2D eigenvalue weighted by Crippen LogP contribution is -2.34. The monoisotopic (exact) mass is 646 g/mol. The number of anilines is 2. The van der Waals surface area contributed by atoms with Gasteiger partial charge in [0.1, 0.15) is 5.69 Å². The third kappa shape index (κ3) is 10.5. The zero-order chi connectivity index (χ0) is 34.6. The van der Waals surface area contributed by atoms with Crippen LogP contribution in [-0.4, -0.2) is 70.2 Å². The minimum Gasteiger partial charge on any atom is -0.356 e. The number of nitrogens with zero attached hydrogens (tertiary/aromatic N) is 5. The maximum absolute atomic E-state index is 4.59. The van der Waals surface area contributed by atoms with Crippen molar-refractivity contribution >= 4 is 17.1 Å². The number of rotatable bonds is 13. The SMILES string of the molecule is C=C(Nc1ccc(CN(CC)CCN(C)CC)c(C)c1)c1ccc(C)c(C#Cc2cncc(NC3=CN(C(C)C)NC3)cccn2C)c1. The molecule has 0 unspecified atom stereocenters. The molecule has 1 aliphatic rings. The molecule has 4 rings (SSSR count). The van der Waals surface area contributed by atoms with Crippen LogP contribution >= 0.6 is 0 Å². The van der Waals surface area contributed by atoms with E-state index in [4.69, 9.17) is 0 Å². The Morgan fingerprint density at radius 1 is 1.00 bits per heavy atom. The molecule has 0 saturated heterocycles. The Morgan fingerprint density at radius 3 is 2.52 bits per heavy atom. The highest BCUT2D eigenvalue weighted by Gasteiger charge is 2.14. The molecule has 8 heteroatoms. The van der Waals surface area contributed by atoms with Gasteiger partial charge in [0.25, 0.3) is 0 Å². The summed E-state index contributed by atoms with van der Waals surface area (Å²) in [6, 6.07) is 17.3. The Hall–Kier alpha value is -4.55. The Balaban J connectivity index is 1.46. The summed E-state index contributed by atoms with van der Waals surface area (Å²) in [5.74, 6) is 6.73. The Morgan fingerprint density at radius 2 is 1.81 bits per heavy atom. The van der Waals surface area contributed by atoms with Gasteiger partial charge >= 0.3 is 0 Å². The molecule has 0 amide bonds. The summed E-state index contributed by atoms with van der Waals surface area (Å²) in [6.07, 6.45) is 7.72. The molecule has 2 heterocycles. The third-order valence-corrected chi connectivity index (χ3v) is 8.71. The van der Waals surface area contributed by atoms with Gasteiger partial charge < -0.3 is 25.1 Å². The van der Waals surface area contributed by atoms with Crippen LogP contribution in [0, 0.1) is 25.7 Å². The number of likely N-dealkylation sites (N-methyl/N-ethyl adjacent to an activating group) is 2. The molecular formula is C40H54N8. The number of benzene rings is 2. The van der Waals surface area contributed by atoms with E-state index in [1.165, 1.54) is 11.1 Å². The van der Waals surface area contributed by atoms with Gasteiger partial charge in [-0.1, -0.05) is 44.5 Å². The van der Waals surface area contributed by atoms with Crippen LogP contribution in [0.3, 0.4) is 0 Å². The van der Waals surface area contributed by atoms with E-state index in [1.54, 1.807) is 6.20 Å². The highest BCUT2D eigenvalue weighted by molar-refractivity contribution is 5.76. The minimum atomic E-state index is 0.385. The van der Waals surface area contributed by atoms with Crippen LogP contribution in [0.15, 0.2) is 85.6 Å². The Kier molecular flexibility index (Phi) is 13.3. The second-order valence-electron chi connectivity index (χ2n) is 12.8. The van der Waals surface area contributed by atoms with E-state index in [0.29, 0.717) is 6.04 Å². The van der Waals surface area contributed by atoms with E-state index in [1.807, 2.05) is 36.1 Å². The van der Waals surface area contributed by atoms with Gasteiger partial charge in [-0.25, -0.2) is 5.43 Å². The van der Waals surface area contributed by atoms with Crippen LogP contribution in [0.1, 0.15) is 61.2 Å². The van der Waals surface area contributed by atoms with Crippen LogP contribution in [0.4, 0.5) is 11.4 Å². The summed E-state index contributed by atoms with van der Waals surface area (Å²) in [5.41, 5.74) is 13.7. The lowest BCUT2D eigenvalue weighted by atomic mass is 10.0. The number of nitrogens with one attached hydrogen (secondary N) is 3. The van der Waals surface area contributed by atoms with Crippen molar-refractivity contribution in [2.24, 2.45) is 7.05 Å². The first kappa shape index (κ1) is 36.3. The quantitative estimate of drug-likeness (QED) is 0.175. The topological polar surface area (TPSA) is 63.6 Å². The predicted molar refractivity (Wildman–Crippen MR) is 203 cm³/mol. The average molecular weight is 647 g/mol. The van der Waals surface area contributed by atoms with Gasteiger partial charge in [-0.15, -0.1) is 0 Å². The van der Waals surface area contributed by atoms with Gasteiger partial charge in [0.05, 0.1) is 24.6 Å². The van der Waals surface area contributed by atoms with Crippen molar-refractivity contribution in [3.8, 4) is 11.8 Å². The van der Waals surface area contributed by atoms with Gasteiger partial charge in [0, 0.05) is 67.8 Å². The summed E-state index contributed by atoms with van der Waals surface area (Å²) >= 11 is 0. The zero-order valence-corrected chi connectivity index (χ0v) is 30.2. The molecule has 3 N–H and O–H groups in total. The van der Waals surface area contributed by atoms with Crippen molar-refractivity contribution in [1.29, 1.82) is 0 Å². The molecule has 0 atom stereocenters. The van der Waals surface area contributed by atoms with Gasteiger partial charge in [-0.3, -0.25) is 9.88 Å². The first-order chi connectivity index (χ1) is 23.1. The van der Waals surface area contributed by atoms with Crippen molar-refractivity contribution in [3.05, 3.63) is 119 Å². The smallest absolute Gasteiger partial charge is 0.111 e. The molecule has 48 heavy (non-hydrogen) atoms. The molecule has 254 valence electrons. The fourth-order valence-corrected chi connectivity index (χ4v) is 5.24. The van der Waals surface area contributed by atoms with Crippen molar-refractivity contribution in [2.45, 2.75) is 54.1 Å². The normalized spacial score (nSPS) is 12.6. The molecule has 0 saturated carbocycles. The predicted octanol–water partition coefficient (Wildman–Crippen LogP) is 6.90. The Bertz CT molecular complexity index is 1710. The molecule has 2 aromatic carbocycles. The molecular weight excluding hydrogens is 592 g/mol. The molecule has 0 fully saturated rings. The van der Waals surface area contributed by atoms with Crippen molar-refractivity contribution < 1.29 is 0 Å². The van der Waals surface area contributed by atoms with Gasteiger partial charge in [-0.05, 0) is 106 Å². The number of hydrogen-bond acceptors (Lipinski definition) is 7. The molecule has 0 aliphatic carbocycles. The summed E-state index contributed by atoms with van der Waals surface area (Å²) in [6.45, 7) is 23.3. The molecule has 0 bridgehead atoms. The van der Waals surface area contributed by atoms with Crippen molar-refractivity contribution in [3.63, 3.8) is 0 Å². The largest absolute Gasteiger partial charge is 0.356 e. The lowest BCUT2D eigenvalue weighted by molar-refractivity contribution is 0.231. The van der Waals surface area contributed by atoms with E-state index >= 15 is 0 Å². The number of aromatic nitrogens is 2. The van der Waals surface area contributed by atoms with Crippen LogP contribution in [0.5, 0.6) is 0 Å². The maximum Gasteiger partial charge on any atom is 0.111 e. The van der Waals surface area contributed by atoms with Gasteiger partial charge in [-0.2, -0.15) is 0 Å². The standard InChI is InChI=1S/C40H54N8/c1-10-45(8)21-22-47(11-2)28-36-16-18-37(23-32(36)6)43-33(7)35-15-14-31(5)34(24-35)17-19-40-27-41-25-38(13-12-20-46(40)9)44-39-26-42-48(29-39)30(3)4/h12-16,18,20,23-25,27,29-30,42-44H,7,10-11,21-22,26,28H2,1-6,8-9H3. The second-order valence-corrected chi connectivity index (χ2v) is 12.8. The maximum atomic E-state index is 4.59. The summed E-state index contributed by atoms with van der Waals surface area (Å²) in [7, 11) is 4.16. The molecule has 0 radical (unpaired) electrons. The van der Waals surface area contributed by atoms with Crippen LogP contribution in [0.25, 0.3) is 5.70 Å². The van der Waals surface area contributed by atoms with Crippen LogP contribution < -0.4 is 16.1 Å². The molecule has 1 aliphatic heterocycles. The van der Waals surface area contributed by atoms with Crippen LogP contribution in [0.2, 0.25) is 0 Å². The third-order valence-electron chi connectivity index (χ3n) is 8.71. The Labute approximate surface area is 288 Å². The molecule has 8 nitrogen and oxygen atoms in total. The van der Waals surface area contributed by atoms with Crippen LogP contribution in [-0.2, 0) is 13.6 Å². The summed E-state index contributed by atoms with van der Waals surface area (Å²) in [5, 5.41) is 9.10. The second kappa shape index (κ2) is 17.6. The van der Waals surface area contributed by atoms with Crippen molar-refractivity contribution in [2.75, 3.05) is 50.4 Å². The van der Waals surface area contributed by atoms with Gasteiger partial charge in [0.15, 0.2) is 0 Å². The molecule has 3 aromatic rings. The lowest BCUT2D eigenvalue weighted by Gasteiger charge is -2.24. The number of hydrogen-bond donors (Lipinski definition) is 3. The number of hydrazine groups is 1. The average Bonchev–Trinajstić information content (AvgIpc) is 3.56. The van der Waals surface area contributed by atoms with E-state index in [-0.39, 0.29) is 0 Å². The van der Waals surface area contributed by atoms with E-state index < -0.39 is 0 Å². The highest BCUT2D eigenvalue weighted by atomic mass is 15.5. The van der Waals surface area contributed by atoms with E-state index in [9.17, 15) is 0 Å². The van der Waals surface area contributed by atoms with Crippen molar-refractivity contribution in [1.82, 2.24) is 29.8 Å². The zero-order valence-electron chi connectivity index (χ0n) is 30.2. The molecule has 1 aromatic heterocycles. The molecule has 0 spiro atoms. The van der Waals surface area contributed by atoms with Gasteiger partial charge in [0.2, 0.25) is 0 Å². The van der Waals surface area contributed by atoms with E-state index in [2.05, 4.69) is 145 Å². The fraction of sp³-hybridized carbons (Fsp3) is 0.375. The van der Waals surface area contributed by atoms with E-state index in [0.717, 1.165) is 84.4 Å². The summed E-state index contributed by atoms with van der Waals surface area (Å²) in [4.78, 5) is 9.45. The highest BCUT2D eigenvalue weighted by Crippen LogP contribution is 2.23. The number of aryl methyl sites for hydroxylation is 3.